The van der Waals surface area contributed by atoms with E-state index in [2.05, 4.69) is 5.32 Å². The molecule has 11 heteroatoms. The van der Waals surface area contributed by atoms with Gasteiger partial charge in [-0.05, 0) is 62.2 Å². The van der Waals surface area contributed by atoms with E-state index in [1.54, 1.807) is 49.4 Å². The Labute approximate surface area is 251 Å². The highest BCUT2D eigenvalue weighted by molar-refractivity contribution is 7.92. The zero-order chi connectivity index (χ0) is 29.4. The van der Waals surface area contributed by atoms with Crippen molar-refractivity contribution in [3.05, 3.63) is 92.9 Å². The quantitative estimate of drug-likeness (QED) is 0.234. The summed E-state index contributed by atoms with van der Waals surface area (Å²) in [7, 11) is -4.26. The molecule has 1 atom stereocenters. The molecule has 40 heavy (non-hydrogen) atoms. The van der Waals surface area contributed by atoms with E-state index in [4.69, 9.17) is 34.8 Å². The molecule has 214 valence electrons. The third-order valence-corrected chi connectivity index (χ3v) is 9.14. The van der Waals surface area contributed by atoms with Crippen LogP contribution in [0.5, 0.6) is 0 Å². The molecule has 2 amide bonds. The van der Waals surface area contributed by atoms with Crippen LogP contribution >= 0.6 is 34.8 Å². The Hall–Kier alpha value is -2.78. The summed E-state index contributed by atoms with van der Waals surface area (Å²) >= 11 is 18.9. The molecule has 3 aromatic rings. The second-order valence-corrected chi connectivity index (χ2v) is 12.5. The molecule has 7 nitrogen and oxygen atoms in total. The summed E-state index contributed by atoms with van der Waals surface area (Å²) in [4.78, 5) is 28.3. The number of unbranched alkanes of at least 4 members (excludes halogenated alkanes) is 1. The number of halogens is 3. The van der Waals surface area contributed by atoms with Gasteiger partial charge in [0.05, 0.1) is 20.6 Å². The first-order valence-corrected chi connectivity index (χ1v) is 15.4. The first kappa shape index (κ1) is 31.7. The van der Waals surface area contributed by atoms with Crippen LogP contribution in [0.4, 0.5) is 5.69 Å². The highest BCUT2D eigenvalue weighted by Gasteiger charge is 2.33. The number of rotatable bonds is 12. The van der Waals surface area contributed by atoms with Gasteiger partial charge in [-0.15, -0.1) is 0 Å². The summed E-state index contributed by atoms with van der Waals surface area (Å²) in [6, 6.07) is 16.8. The van der Waals surface area contributed by atoms with Gasteiger partial charge < -0.3 is 10.2 Å². The molecule has 0 aliphatic heterocycles. The van der Waals surface area contributed by atoms with Crippen LogP contribution in [0.3, 0.4) is 0 Å². The van der Waals surface area contributed by atoms with E-state index < -0.39 is 28.5 Å². The molecule has 3 aromatic carbocycles. The highest BCUT2D eigenvalue weighted by Crippen LogP contribution is 2.35. The molecule has 0 saturated heterocycles. The number of amides is 2. The molecule has 1 unspecified atom stereocenters. The Kier molecular flexibility index (Phi) is 11.3. The Morgan fingerprint density at radius 1 is 0.975 bits per heavy atom. The number of hydrogen-bond acceptors (Lipinski definition) is 4. The van der Waals surface area contributed by atoms with Gasteiger partial charge in [0, 0.05) is 18.1 Å². The van der Waals surface area contributed by atoms with Crippen LogP contribution in [0.25, 0.3) is 0 Å². The average molecular weight is 625 g/mol. The smallest absolute Gasteiger partial charge is 0.264 e. The summed E-state index contributed by atoms with van der Waals surface area (Å²) in [5.74, 6) is -0.956. The van der Waals surface area contributed by atoms with Crippen LogP contribution in [0.2, 0.25) is 15.1 Å². The molecular formula is C29H32Cl3N3O4S. The number of nitrogens with zero attached hydrogens (tertiary/aromatic N) is 2. The van der Waals surface area contributed by atoms with Gasteiger partial charge in [-0.25, -0.2) is 8.42 Å². The molecule has 0 spiro atoms. The van der Waals surface area contributed by atoms with E-state index >= 15 is 0 Å². The predicted octanol–water partition coefficient (Wildman–Crippen LogP) is 6.48. The highest BCUT2D eigenvalue weighted by atomic mass is 35.5. The Balaban J connectivity index is 2.04. The van der Waals surface area contributed by atoms with Crippen molar-refractivity contribution < 1.29 is 18.0 Å². The standard InChI is InChI=1S/C29H32Cl3N3O4S/c1-4-5-16-33-29(37)21(3)34(18-22-8-6-9-23(30)17-22)27(36)19-35(26-11-7-10-25(31)28(26)32)40(38,39)24-14-12-20(2)13-15-24/h6-15,17,21H,4-5,16,18-19H2,1-3H3,(H,33,37). The van der Waals surface area contributed by atoms with Crippen molar-refractivity contribution in [2.75, 3.05) is 17.4 Å². The van der Waals surface area contributed by atoms with Crippen molar-refractivity contribution in [3.8, 4) is 0 Å². The van der Waals surface area contributed by atoms with Crippen LogP contribution in [0, 0.1) is 6.92 Å². The maximum Gasteiger partial charge on any atom is 0.264 e. The van der Waals surface area contributed by atoms with Crippen LogP contribution in [-0.4, -0.2) is 44.3 Å². The Morgan fingerprint density at radius 3 is 2.30 bits per heavy atom. The summed E-state index contributed by atoms with van der Waals surface area (Å²) in [5, 5.41) is 3.44. The molecule has 0 saturated carbocycles. The van der Waals surface area contributed by atoms with E-state index in [0.717, 1.165) is 22.7 Å². The maximum absolute atomic E-state index is 14.0. The average Bonchev–Trinajstić information content (AvgIpc) is 2.92. The van der Waals surface area contributed by atoms with Crippen molar-refractivity contribution in [3.63, 3.8) is 0 Å². The van der Waals surface area contributed by atoms with Gasteiger partial charge in [0.2, 0.25) is 11.8 Å². The first-order valence-electron chi connectivity index (χ1n) is 12.8. The number of sulfonamides is 1. The molecule has 0 radical (unpaired) electrons. The summed E-state index contributed by atoms with van der Waals surface area (Å²) in [6.07, 6.45) is 1.68. The fourth-order valence-electron chi connectivity index (χ4n) is 3.99. The van der Waals surface area contributed by atoms with Crippen molar-refractivity contribution in [2.45, 2.75) is 51.1 Å². The molecular weight excluding hydrogens is 593 g/mol. The first-order chi connectivity index (χ1) is 18.9. The number of benzene rings is 3. The van der Waals surface area contributed by atoms with Gasteiger partial charge in [-0.1, -0.05) is 84.0 Å². The number of carbonyl (C=O) groups excluding carboxylic acids is 2. The SMILES string of the molecule is CCCCNC(=O)C(C)N(Cc1cccc(Cl)c1)C(=O)CN(c1cccc(Cl)c1Cl)S(=O)(=O)c1ccc(C)cc1. The molecule has 1 N–H and O–H groups in total. The van der Waals surface area contributed by atoms with Gasteiger partial charge in [-0.3, -0.25) is 13.9 Å². The summed E-state index contributed by atoms with van der Waals surface area (Å²) in [5.41, 5.74) is 1.60. The number of nitrogens with one attached hydrogen (secondary N) is 1. The van der Waals surface area contributed by atoms with Crippen molar-refractivity contribution in [1.82, 2.24) is 10.2 Å². The molecule has 0 aliphatic carbocycles. The van der Waals surface area contributed by atoms with E-state index in [0.29, 0.717) is 17.1 Å². The minimum atomic E-state index is -4.26. The van der Waals surface area contributed by atoms with E-state index in [9.17, 15) is 18.0 Å². The largest absolute Gasteiger partial charge is 0.354 e. The number of anilines is 1. The molecule has 3 rings (SSSR count). The lowest BCUT2D eigenvalue weighted by molar-refractivity contribution is -0.139. The van der Waals surface area contributed by atoms with Crippen molar-refractivity contribution in [2.24, 2.45) is 0 Å². The van der Waals surface area contributed by atoms with Crippen LogP contribution in [-0.2, 0) is 26.2 Å². The fraction of sp³-hybridized carbons (Fsp3) is 0.310. The minimum Gasteiger partial charge on any atom is -0.354 e. The predicted molar refractivity (Wildman–Crippen MR) is 162 cm³/mol. The monoisotopic (exact) mass is 623 g/mol. The zero-order valence-corrected chi connectivity index (χ0v) is 25.6. The van der Waals surface area contributed by atoms with E-state index in [1.807, 2.05) is 13.8 Å². The molecule has 0 fully saturated rings. The van der Waals surface area contributed by atoms with Crippen LogP contribution in [0.1, 0.15) is 37.8 Å². The van der Waals surface area contributed by atoms with Gasteiger partial charge in [0.1, 0.15) is 12.6 Å². The summed E-state index contributed by atoms with van der Waals surface area (Å²) in [6.45, 7) is 5.33. The van der Waals surface area contributed by atoms with Gasteiger partial charge >= 0.3 is 0 Å². The van der Waals surface area contributed by atoms with E-state index in [-0.39, 0.29) is 33.1 Å². The van der Waals surface area contributed by atoms with E-state index in [1.165, 1.54) is 29.2 Å². The van der Waals surface area contributed by atoms with Crippen molar-refractivity contribution in [1.29, 1.82) is 0 Å². The maximum atomic E-state index is 14.0. The number of aryl methyl sites for hydroxylation is 1. The van der Waals surface area contributed by atoms with Gasteiger partial charge in [0.15, 0.2) is 0 Å². The van der Waals surface area contributed by atoms with Gasteiger partial charge in [0.25, 0.3) is 10.0 Å². The number of carbonyl (C=O) groups is 2. The lowest BCUT2D eigenvalue weighted by Crippen LogP contribution is -2.51. The lowest BCUT2D eigenvalue weighted by Gasteiger charge is -2.32. The zero-order valence-electron chi connectivity index (χ0n) is 22.5. The van der Waals surface area contributed by atoms with Crippen molar-refractivity contribution >= 4 is 62.3 Å². The third kappa shape index (κ3) is 7.91. The molecule has 0 aliphatic rings. The van der Waals surface area contributed by atoms with Crippen LogP contribution in [0.15, 0.2) is 71.6 Å². The molecule has 0 aromatic heterocycles. The Morgan fingerprint density at radius 2 is 1.65 bits per heavy atom. The molecule has 0 heterocycles. The second kappa shape index (κ2) is 14.2. The third-order valence-electron chi connectivity index (χ3n) is 6.33. The molecule has 0 bridgehead atoms. The normalized spacial score (nSPS) is 12.1. The second-order valence-electron chi connectivity index (χ2n) is 9.37. The summed E-state index contributed by atoms with van der Waals surface area (Å²) < 4.78 is 28.7. The fourth-order valence-corrected chi connectivity index (χ4v) is 6.07. The topological polar surface area (TPSA) is 86.8 Å². The minimum absolute atomic E-state index is 0.0144. The lowest BCUT2D eigenvalue weighted by atomic mass is 10.1. The number of hydrogen-bond donors (Lipinski definition) is 1. The Bertz CT molecular complexity index is 1450. The van der Waals surface area contributed by atoms with Crippen LogP contribution < -0.4 is 9.62 Å². The van der Waals surface area contributed by atoms with Gasteiger partial charge in [-0.2, -0.15) is 0 Å².